The lowest BCUT2D eigenvalue weighted by Crippen LogP contribution is -1.95. The van der Waals surface area contributed by atoms with Crippen molar-refractivity contribution in [3.63, 3.8) is 0 Å². The summed E-state index contributed by atoms with van der Waals surface area (Å²) in [5, 5.41) is 0. The van der Waals surface area contributed by atoms with E-state index in [1.807, 2.05) is 25.1 Å². The maximum absolute atomic E-state index is 5.90. The van der Waals surface area contributed by atoms with Gasteiger partial charge in [0.1, 0.15) is 0 Å². The fraction of sp³-hybridized carbons (Fsp3) is 0.0909. The van der Waals surface area contributed by atoms with E-state index in [-0.39, 0.29) is 0 Å². The van der Waals surface area contributed by atoms with Crippen molar-refractivity contribution in [2.75, 3.05) is 5.73 Å². The van der Waals surface area contributed by atoms with Crippen LogP contribution in [0.15, 0.2) is 35.1 Å². The van der Waals surface area contributed by atoms with Crippen LogP contribution in [0.5, 0.6) is 0 Å². The number of benzene rings is 1. The zero-order valence-corrected chi connectivity index (χ0v) is 9.82. The summed E-state index contributed by atoms with van der Waals surface area (Å²) in [7, 11) is 0. The summed E-state index contributed by atoms with van der Waals surface area (Å²) in [6.07, 6.45) is 3.34. The maximum Gasteiger partial charge on any atom is 0.0935 e. The Labute approximate surface area is 96.5 Å². The van der Waals surface area contributed by atoms with Crippen LogP contribution in [-0.2, 0) is 0 Å². The Hall–Kier alpha value is -1.42. The summed E-state index contributed by atoms with van der Waals surface area (Å²) in [5.74, 6) is 0. The molecule has 2 aromatic rings. The lowest BCUT2D eigenvalue weighted by atomic mass is 10.1. The number of nitrogen functional groups attached to an aromatic ring is 1. The highest BCUT2D eigenvalue weighted by molar-refractivity contribution is 9.10. The average Bonchev–Trinajstić information content (AvgIpc) is 2.23. The number of halogens is 1. The Kier molecular flexibility index (Phi) is 2.68. The molecule has 0 amide bonds. The largest absolute Gasteiger partial charge is 0.398 e. The van der Waals surface area contributed by atoms with Crippen molar-refractivity contribution in [1.29, 1.82) is 0 Å². The summed E-state index contributed by atoms with van der Waals surface area (Å²) in [4.78, 5) is 8.48. The molecule has 3 nitrogen and oxygen atoms in total. The Morgan fingerprint density at radius 2 is 1.93 bits per heavy atom. The number of rotatable bonds is 1. The summed E-state index contributed by atoms with van der Waals surface area (Å²) in [6.45, 7) is 1.92. The van der Waals surface area contributed by atoms with Crippen LogP contribution >= 0.6 is 15.9 Å². The Morgan fingerprint density at radius 3 is 2.67 bits per heavy atom. The molecule has 0 aliphatic heterocycles. The second-order valence-corrected chi connectivity index (χ2v) is 4.14. The molecular formula is C11H10BrN3. The molecule has 0 saturated carbocycles. The predicted octanol–water partition coefficient (Wildman–Crippen LogP) is 2.80. The van der Waals surface area contributed by atoms with Crippen molar-refractivity contribution in [3.8, 4) is 11.3 Å². The van der Waals surface area contributed by atoms with E-state index in [1.165, 1.54) is 0 Å². The molecule has 76 valence electrons. The van der Waals surface area contributed by atoms with Crippen molar-refractivity contribution in [3.05, 3.63) is 40.8 Å². The highest BCUT2D eigenvalue weighted by atomic mass is 79.9. The van der Waals surface area contributed by atoms with Gasteiger partial charge in [-0.25, -0.2) is 0 Å². The van der Waals surface area contributed by atoms with E-state index in [0.29, 0.717) is 5.69 Å². The van der Waals surface area contributed by atoms with E-state index in [2.05, 4.69) is 25.9 Å². The average molecular weight is 264 g/mol. The van der Waals surface area contributed by atoms with E-state index in [1.54, 1.807) is 12.4 Å². The van der Waals surface area contributed by atoms with Gasteiger partial charge in [-0.15, -0.1) is 0 Å². The molecule has 4 heteroatoms. The molecule has 1 aromatic heterocycles. The van der Waals surface area contributed by atoms with E-state index < -0.39 is 0 Å². The Balaban J connectivity index is 2.64. The lowest BCUT2D eigenvalue weighted by molar-refractivity contribution is 1.12. The molecule has 1 heterocycles. The minimum Gasteiger partial charge on any atom is -0.398 e. The van der Waals surface area contributed by atoms with E-state index in [0.717, 1.165) is 21.4 Å². The summed E-state index contributed by atoms with van der Waals surface area (Å²) < 4.78 is 0.983. The van der Waals surface area contributed by atoms with Crippen LogP contribution in [0.2, 0.25) is 0 Å². The third kappa shape index (κ3) is 1.99. The van der Waals surface area contributed by atoms with Gasteiger partial charge in [-0.2, -0.15) is 0 Å². The van der Waals surface area contributed by atoms with Gasteiger partial charge in [-0.05, 0) is 25.1 Å². The quantitative estimate of drug-likeness (QED) is 0.806. The van der Waals surface area contributed by atoms with Crippen LogP contribution in [0.4, 0.5) is 5.69 Å². The fourth-order valence-electron chi connectivity index (χ4n) is 1.41. The van der Waals surface area contributed by atoms with Gasteiger partial charge in [-0.3, -0.25) is 9.97 Å². The summed E-state index contributed by atoms with van der Waals surface area (Å²) >= 11 is 3.41. The highest BCUT2D eigenvalue weighted by Crippen LogP contribution is 2.28. The summed E-state index contributed by atoms with van der Waals surface area (Å²) in [6, 6.07) is 5.71. The van der Waals surface area contributed by atoms with Crippen LogP contribution in [-0.4, -0.2) is 9.97 Å². The van der Waals surface area contributed by atoms with E-state index >= 15 is 0 Å². The smallest absolute Gasteiger partial charge is 0.0935 e. The molecule has 15 heavy (non-hydrogen) atoms. The molecule has 0 aliphatic carbocycles. The van der Waals surface area contributed by atoms with Crippen molar-refractivity contribution < 1.29 is 0 Å². The Morgan fingerprint density at radius 1 is 1.20 bits per heavy atom. The first-order valence-corrected chi connectivity index (χ1v) is 5.31. The van der Waals surface area contributed by atoms with Gasteiger partial charge in [0.05, 0.1) is 11.4 Å². The molecule has 2 rings (SSSR count). The highest BCUT2D eigenvalue weighted by Gasteiger charge is 2.07. The molecule has 0 saturated heterocycles. The first kappa shape index (κ1) is 10.1. The molecule has 0 atom stereocenters. The third-order valence-electron chi connectivity index (χ3n) is 2.15. The van der Waals surface area contributed by atoms with Crippen molar-refractivity contribution in [2.45, 2.75) is 6.92 Å². The number of hydrogen-bond donors (Lipinski definition) is 1. The molecule has 0 aliphatic rings. The molecule has 1 aromatic carbocycles. The predicted molar refractivity (Wildman–Crippen MR) is 64.3 cm³/mol. The standard InChI is InChI=1S/C11H10BrN3/c1-7-11(15-5-4-14-7)9-6-8(12)2-3-10(9)13/h2-6H,13H2,1H3. The van der Waals surface area contributed by atoms with Crippen LogP contribution < -0.4 is 5.73 Å². The molecular weight excluding hydrogens is 254 g/mol. The van der Waals surface area contributed by atoms with E-state index in [9.17, 15) is 0 Å². The molecule has 2 N–H and O–H groups in total. The first-order valence-electron chi connectivity index (χ1n) is 4.51. The van der Waals surface area contributed by atoms with Gasteiger partial charge in [0.2, 0.25) is 0 Å². The summed E-state index contributed by atoms with van der Waals surface area (Å²) in [5.41, 5.74) is 9.23. The van der Waals surface area contributed by atoms with Crippen molar-refractivity contribution in [2.24, 2.45) is 0 Å². The van der Waals surface area contributed by atoms with Crippen LogP contribution in [0.1, 0.15) is 5.69 Å². The number of hydrogen-bond acceptors (Lipinski definition) is 3. The number of nitrogens with two attached hydrogens (primary N) is 1. The third-order valence-corrected chi connectivity index (χ3v) is 2.64. The van der Waals surface area contributed by atoms with Gasteiger partial charge in [0, 0.05) is 28.1 Å². The zero-order chi connectivity index (χ0) is 10.8. The maximum atomic E-state index is 5.90. The molecule has 0 unspecified atom stereocenters. The number of aromatic nitrogens is 2. The number of nitrogens with zero attached hydrogens (tertiary/aromatic N) is 2. The number of aryl methyl sites for hydroxylation is 1. The second kappa shape index (κ2) is 3.98. The number of anilines is 1. The topological polar surface area (TPSA) is 51.8 Å². The minimum atomic E-state index is 0.710. The second-order valence-electron chi connectivity index (χ2n) is 3.22. The van der Waals surface area contributed by atoms with Gasteiger partial charge < -0.3 is 5.73 Å². The van der Waals surface area contributed by atoms with Gasteiger partial charge >= 0.3 is 0 Å². The lowest BCUT2D eigenvalue weighted by Gasteiger charge is -2.07. The zero-order valence-electron chi connectivity index (χ0n) is 8.24. The SMILES string of the molecule is Cc1nccnc1-c1cc(Br)ccc1N. The van der Waals surface area contributed by atoms with Crippen molar-refractivity contribution in [1.82, 2.24) is 9.97 Å². The monoisotopic (exact) mass is 263 g/mol. The Bertz CT molecular complexity index is 497. The van der Waals surface area contributed by atoms with Gasteiger partial charge in [0.25, 0.3) is 0 Å². The first-order chi connectivity index (χ1) is 7.18. The molecule has 0 bridgehead atoms. The minimum absolute atomic E-state index is 0.710. The van der Waals surface area contributed by atoms with Crippen LogP contribution in [0.25, 0.3) is 11.3 Å². The molecule has 0 fully saturated rings. The van der Waals surface area contributed by atoms with E-state index in [4.69, 9.17) is 5.73 Å². The van der Waals surface area contributed by atoms with Crippen molar-refractivity contribution >= 4 is 21.6 Å². The van der Waals surface area contributed by atoms with Crippen LogP contribution in [0, 0.1) is 6.92 Å². The van der Waals surface area contributed by atoms with Gasteiger partial charge in [-0.1, -0.05) is 15.9 Å². The molecule has 0 spiro atoms. The van der Waals surface area contributed by atoms with Crippen LogP contribution in [0.3, 0.4) is 0 Å². The fourth-order valence-corrected chi connectivity index (χ4v) is 1.77. The molecule has 0 radical (unpaired) electrons. The normalized spacial score (nSPS) is 10.3. The van der Waals surface area contributed by atoms with Gasteiger partial charge in [0.15, 0.2) is 0 Å².